The van der Waals surface area contributed by atoms with Crippen LogP contribution in [0.25, 0.3) is 0 Å². The number of benzene rings is 1. The molecule has 11 nitrogen and oxygen atoms in total. The summed E-state index contributed by atoms with van der Waals surface area (Å²) in [5.74, 6) is -0.631. The normalized spacial score (nSPS) is 21.2. The van der Waals surface area contributed by atoms with Gasteiger partial charge in [0, 0.05) is 19.4 Å². The first-order valence-corrected chi connectivity index (χ1v) is 11.9. The van der Waals surface area contributed by atoms with E-state index in [0.29, 0.717) is 42.2 Å². The van der Waals surface area contributed by atoms with Crippen molar-refractivity contribution in [1.82, 2.24) is 15.3 Å². The van der Waals surface area contributed by atoms with Gasteiger partial charge in [0.25, 0.3) is 5.91 Å². The van der Waals surface area contributed by atoms with Crippen LogP contribution in [0, 0.1) is 12.7 Å². The minimum atomic E-state index is -0.481. The van der Waals surface area contributed by atoms with Crippen molar-refractivity contribution in [1.29, 1.82) is 0 Å². The number of ether oxygens (including phenoxy) is 3. The Labute approximate surface area is 213 Å². The lowest BCUT2D eigenvalue weighted by Gasteiger charge is -2.31. The third kappa shape index (κ3) is 6.85. The summed E-state index contributed by atoms with van der Waals surface area (Å²) >= 11 is 0. The van der Waals surface area contributed by atoms with E-state index in [2.05, 4.69) is 20.4 Å². The second-order valence-electron chi connectivity index (χ2n) is 8.79. The van der Waals surface area contributed by atoms with Crippen LogP contribution in [0.4, 0.5) is 4.39 Å². The highest BCUT2D eigenvalue weighted by Gasteiger charge is 2.35. The highest BCUT2D eigenvalue weighted by Crippen LogP contribution is 2.24. The minimum absolute atomic E-state index is 0.0976. The average Bonchev–Trinajstić information content (AvgIpc) is 3.41. The van der Waals surface area contributed by atoms with Crippen LogP contribution in [0.1, 0.15) is 46.8 Å². The lowest BCUT2D eigenvalue weighted by Crippen LogP contribution is -2.42. The number of nitrogens with zero attached hydrogens (tertiary/aromatic N) is 3. The number of nitrogens with one attached hydrogen (secondary N) is 1. The van der Waals surface area contributed by atoms with Crippen LogP contribution < -0.4 is 10.1 Å². The molecule has 2 aliphatic rings. The fourth-order valence-corrected chi connectivity index (χ4v) is 4.01. The number of aliphatic hydroxyl groups is 1. The second kappa shape index (κ2) is 12.2. The Kier molecular flexibility index (Phi) is 8.74. The lowest BCUT2D eigenvalue weighted by atomic mass is 10.0. The third-order valence-corrected chi connectivity index (χ3v) is 6.06. The van der Waals surface area contributed by atoms with Crippen LogP contribution in [-0.4, -0.2) is 77.7 Å². The second-order valence-corrected chi connectivity index (χ2v) is 8.79. The van der Waals surface area contributed by atoms with Gasteiger partial charge in [-0.05, 0) is 37.1 Å². The number of amides is 1. The van der Waals surface area contributed by atoms with Gasteiger partial charge >= 0.3 is 0 Å². The van der Waals surface area contributed by atoms with Crippen LogP contribution in [0.5, 0.6) is 5.75 Å². The molecule has 0 radical (unpaired) electrons. The SMILES string of the molecule is COc1cc(CNC(=O)c2cc(C3=NO[C@H]([C@H]4CO[C@H](CCC(=O)CO)CO4)C3)nc(C)n2)ccc1F. The molecular weight excluding hydrogens is 487 g/mol. The van der Waals surface area contributed by atoms with Crippen LogP contribution in [0.15, 0.2) is 29.4 Å². The van der Waals surface area contributed by atoms with Gasteiger partial charge in [-0.3, -0.25) is 9.59 Å². The standard InChI is InChI=1S/C25H29FN4O7/c1-14-28-19(8-21(29-14)25(33)27-10-15-3-6-18(26)22(7-15)34-2)20-9-23(37-30-20)24-13-35-17(12-36-24)5-4-16(32)11-31/h3,6-8,17,23-24,31H,4-5,9-13H2,1-2H3,(H,27,33)/t17-,23+,24-/m1/s1. The van der Waals surface area contributed by atoms with Gasteiger partial charge in [0.15, 0.2) is 23.5 Å². The summed E-state index contributed by atoms with van der Waals surface area (Å²) in [5.41, 5.74) is 1.87. The molecule has 2 aliphatic heterocycles. The van der Waals surface area contributed by atoms with Gasteiger partial charge in [0.2, 0.25) is 0 Å². The number of rotatable bonds is 10. The van der Waals surface area contributed by atoms with Crippen molar-refractivity contribution in [3.05, 3.63) is 52.9 Å². The largest absolute Gasteiger partial charge is 0.494 e. The first-order chi connectivity index (χ1) is 17.9. The third-order valence-electron chi connectivity index (χ3n) is 6.06. The number of aryl methyl sites for hydroxylation is 1. The van der Waals surface area contributed by atoms with Crippen molar-refractivity contribution in [3.63, 3.8) is 0 Å². The molecule has 2 aromatic rings. The molecule has 3 atom stereocenters. The van der Waals surface area contributed by atoms with Crippen LogP contribution in [0.2, 0.25) is 0 Å². The van der Waals surface area contributed by atoms with E-state index in [1.54, 1.807) is 19.1 Å². The fraction of sp³-hybridized carbons (Fsp3) is 0.480. The quantitative estimate of drug-likeness (QED) is 0.480. The molecule has 0 aliphatic carbocycles. The summed E-state index contributed by atoms with van der Waals surface area (Å²) in [6.45, 7) is 1.97. The molecule has 1 aromatic carbocycles. The van der Waals surface area contributed by atoms with E-state index < -0.39 is 18.3 Å². The van der Waals surface area contributed by atoms with Gasteiger partial charge in [0.1, 0.15) is 29.9 Å². The molecule has 0 bridgehead atoms. The Morgan fingerprint density at radius 1 is 1.19 bits per heavy atom. The summed E-state index contributed by atoms with van der Waals surface area (Å²) in [7, 11) is 1.38. The van der Waals surface area contributed by atoms with Crippen molar-refractivity contribution in [2.24, 2.45) is 5.16 Å². The predicted molar refractivity (Wildman–Crippen MR) is 128 cm³/mol. The van der Waals surface area contributed by atoms with E-state index in [-0.39, 0.29) is 55.1 Å². The minimum Gasteiger partial charge on any atom is -0.494 e. The molecule has 1 amide bonds. The zero-order valence-electron chi connectivity index (χ0n) is 20.6. The molecule has 3 heterocycles. The molecule has 4 rings (SSSR count). The van der Waals surface area contributed by atoms with Crippen molar-refractivity contribution < 1.29 is 38.1 Å². The van der Waals surface area contributed by atoms with Crippen LogP contribution in [-0.2, 0) is 25.7 Å². The molecule has 1 saturated heterocycles. The number of carbonyl (C=O) groups excluding carboxylic acids is 2. The maximum atomic E-state index is 13.6. The number of halogens is 1. The van der Waals surface area contributed by atoms with Crippen LogP contribution >= 0.6 is 0 Å². The number of oxime groups is 1. The van der Waals surface area contributed by atoms with Gasteiger partial charge in [-0.15, -0.1) is 0 Å². The lowest BCUT2D eigenvalue weighted by molar-refractivity contribution is -0.173. The number of aliphatic hydroxyl groups excluding tert-OH is 1. The molecule has 1 fully saturated rings. The number of methoxy groups -OCH3 is 1. The molecule has 0 saturated carbocycles. The fourth-order valence-electron chi connectivity index (χ4n) is 4.01. The smallest absolute Gasteiger partial charge is 0.270 e. The Morgan fingerprint density at radius 3 is 2.76 bits per heavy atom. The monoisotopic (exact) mass is 516 g/mol. The number of hydrogen-bond acceptors (Lipinski definition) is 10. The predicted octanol–water partition coefficient (Wildman–Crippen LogP) is 1.48. The molecule has 198 valence electrons. The first-order valence-electron chi connectivity index (χ1n) is 11.9. The van der Waals surface area contributed by atoms with Gasteiger partial charge < -0.3 is 29.5 Å². The zero-order valence-corrected chi connectivity index (χ0v) is 20.6. The summed E-state index contributed by atoms with van der Waals surface area (Å²) < 4.78 is 30.3. The molecule has 0 unspecified atom stereocenters. The highest BCUT2D eigenvalue weighted by atomic mass is 19.1. The van der Waals surface area contributed by atoms with Gasteiger partial charge in [0.05, 0.1) is 32.1 Å². The van der Waals surface area contributed by atoms with E-state index in [0.717, 1.165) is 0 Å². The average molecular weight is 517 g/mol. The van der Waals surface area contributed by atoms with E-state index in [4.69, 9.17) is 24.2 Å². The number of hydrogen-bond donors (Lipinski definition) is 2. The van der Waals surface area contributed by atoms with Crippen LogP contribution in [0.3, 0.4) is 0 Å². The number of carbonyl (C=O) groups is 2. The van der Waals surface area contributed by atoms with Gasteiger partial charge in [-0.2, -0.15) is 0 Å². The zero-order chi connectivity index (χ0) is 26.4. The molecule has 12 heteroatoms. The first kappa shape index (κ1) is 26.6. The Morgan fingerprint density at radius 2 is 2.03 bits per heavy atom. The molecular formula is C25H29FN4O7. The van der Waals surface area contributed by atoms with E-state index in [1.165, 1.54) is 19.2 Å². The summed E-state index contributed by atoms with van der Waals surface area (Å²) in [6.07, 6.45) is 0.201. The Hall–Kier alpha value is -3.48. The summed E-state index contributed by atoms with van der Waals surface area (Å²) in [5, 5.41) is 15.8. The number of ketones is 1. The van der Waals surface area contributed by atoms with Crippen molar-refractivity contribution in [2.45, 2.75) is 51.0 Å². The van der Waals surface area contributed by atoms with E-state index in [1.807, 2.05) is 0 Å². The number of aromatic nitrogens is 2. The van der Waals surface area contributed by atoms with Gasteiger partial charge in [-0.1, -0.05) is 11.2 Å². The summed E-state index contributed by atoms with van der Waals surface area (Å²) in [6, 6.07) is 5.91. The van der Waals surface area contributed by atoms with Crippen molar-refractivity contribution >= 4 is 17.4 Å². The maximum absolute atomic E-state index is 13.6. The van der Waals surface area contributed by atoms with Crippen molar-refractivity contribution in [3.8, 4) is 5.75 Å². The van der Waals surface area contributed by atoms with E-state index in [9.17, 15) is 14.0 Å². The summed E-state index contributed by atoms with van der Waals surface area (Å²) in [4.78, 5) is 38.3. The molecule has 37 heavy (non-hydrogen) atoms. The highest BCUT2D eigenvalue weighted by molar-refractivity contribution is 6.02. The van der Waals surface area contributed by atoms with Crippen molar-refractivity contribution in [2.75, 3.05) is 26.9 Å². The van der Waals surface area contributed by atoms with Gasteiger partial charge in [-0.25, -0.2) is 14.4 Å². The number of Topliss-reactive ketones (excluding diaryl/α,β-unsaturated/α-hetero) is 1. The molecule has 1 aromatic heterocycles. The maximum Gasteiger partial charge on any atom is 0.270 e. The van der Waals surface area contributed by atoms with E-state index >= 15 is 0 Å². The molecule has 2 N–H and O–H groups in total. The Bertz CT molecular complexity index is 1170. The topological polar surface area (TPSA) is 141 Å². The molecule has 0 spiro atoms. The Balaban J connectivity index is 1.32.